The standard InChI is InChI=1S/C22H25N5O2S/c1-15(2)27-14-23-26-22(27)30-13-20(28)25-19-12-8-7-11-18(19)21(29)24-16(3)17-9-5-4-6-10-17/h4-12,14-16H,13H2,1-3H3,(H,24,29)(H,25,28)/t16-/m0/s1. The van der Waals surface area contributed by atoms with E-state index in [2.05, 4.69) is 20.8 Å². The molecular weight excluding hydrogens is 398 g/mol. The average Bonchev–Trinajstić information content (AvgIpc) is 3.22. The minimum atomic E-state index is -0.241. The van der Waals surface area contributed by atoms with Gasteiger partial charge in [0.25, 0.3) is 5.91 Å². The topological polar surface area (TPSA) is 88.9 Å². The van der Waals surface area contributed by atoms with Gasteiger partial charge in [-0.25, -0.2) is 0 Å². The summed E-state index contributed by atoms with van der Waals surface area (Å²) in [4.78, 5) is 25.3. The number of hydrogen-bond donors (Lipinski definition) is 2. The Morgan fingerprint density at radius 2 is 1.73 bits per heavy atom. The lowest BCUT2D eigenvalue weighted by Gasteiger charge is -2.16. The highest BCUT2D eigenvalue weighted by Gasteiger charge is 2.17. The van der Waals surface area contributed by atoms with Crippen molar-refractivity contribution in [3.63, 3.8) is 0 Å². The highest BCUT2D eigenvalue weighted by atomic mass is 32.2. The van der Waals surface area contributed by atoms with Crippen molar-refractivity contribution in [3.05, 3.63) is 72.1 Å². The number of aromatic nitrogens is 3. The molecule has 7 nitrogen and oxygen atoms in total. The summed E-state index contributed by atoms with van der Waals surface area (Å²) in [6.07, 6.45) is 1.65. The minimum absolute atomic E-state index is 0.152. The summed E-state index contributed by atoms with van der Waals surface area (Å²) in [6, 6.07) is 16.8. The molecule has 0 saturated carbocycles. The molecule has 0 bridgehead atoms. The summed E-state index contributed by atoms with van der Waals surface area (Å²) in [5.41, 5.74) is 1.91. The molecule has 0 saturated heterocycles. The highest BCUT2D eigenvalue weighted by molar-refractivity contribution is 7.99. The molecule has 3 rings (SSSR count). The van der Waals surface area contributed by atoms with Crippen LogP contribution in [0.25, 0.3) is 0 Å². The van der Waals surface area contributed by atoms with Crippen molar-refractivity contribution >= 4 is 29.3 Å². The molecule has 2 aromatic carbocycles. The van der Waals surface area contributed by atoms with Crippen LogP contribution >= 0.6 is 11.8 Å². The van der Waals surface area contributed by atoms with E-state index in [1.54, 1.807) is 30.6 Å². The summed E-state index contributed by atoms with van der Waals surface area (Å²) < 4.78 is 1.91. The Hall–Kier alpha value is -3.13. The Morgan fingerprint density at radius 3 is 2.47 bits per heavy atom. The van der Waals surface area contributed by atoms with Crippen LogP contribution in [0.1, 0.15) is 48.8 Å². The number of hydrogen-bond acceptors (Lipinski definition) is 5. The first-order chi connectivity index (χ1) is 14.5. The zero-order chi connectivity index (χ0) is 21.5. The van der Waals surface area contributed by atoms with Gasteiger partial charge >= 0.3 is 0 Å². The van der Waals surface area contributed by atoms with Crippen molar-refractivity contribution in [2.75, 3.05) is 11.1 Å². The molecule has 0 aliphatic heterocycles. The van der Waals surface area contributed by atoms with Crippen molar-refractivity contribution in [2.45, 2.75) is 38.0 Å². The third-order valence-corrected chi connectivity index (χ3v) is 5.48. The number of rotatable bonds is 8. The molecule has 0 aliphatic rings. The quantitative estimate of drug-likeness (QED) is 0.533. The first kappa shape index (κ1) is 21.6. The lowest BCUT2D eigenvalue weighted by atomic mass is 10.1. The normalized spacial score (nSPS) is 11.9. The fraction of sp³-hybridized carbons (Fsp3) is 0.273. The van der Waals surface area contributed by atoms with Gasteiger partial charge in [0.15, 0.2) is 5.16 Å². The van der Waals surface area contributed by atoms with E-state index >= 15 is 0 Å². The van der Waals surface area contributed by atoms with E-state index in [0.29, 0.717) is 16.4 Å². The molecular formula is C22H25N5O2S. The molecule has 156 valence electrons. The van der Waals surface area contributed by atoms with Crippen molar-refractivity contribution in [3.8, 4) is 0 Å². The van der Waals surface area contributed by atoms with Gasteiger partial charge in [-0.3, -0.25) is 9.59 Å². The zero-order valence-corrected chi connectivity index (χ0v) is 18.0. The molecule has 3 aromatic rings. The molecule has 0 aliphatic carbocycles. The largest absolute Gasteiger partial charge is 0.345 e. The molecule has 0 fully saturated rings. The molecule has 0 radical (unpaired) electrons. The maximum atomic E-state index is 12.8. The van der Waals surface area contributed by atoms with Gasteiger partial charge in [0, 0.05) is 6.04 Å². The van der Waals surface area contributed by atoms with E-state index in [-0.39, 0.29) is 29.7 Å². The van der Waals surface area contributed by atoms with Gasteiger partial charge < -0.3 is 15.2 Å². The van der Waals surface area contributed by atoms with Crippen LogP contribution < -0.4 is 10.6 Å². The van der Waals surface area contributed by atoms with E-state index in [1.165, 1.54) is 11.8 Å². The monoisotopic (exact) mass is 423 g/mol. The second-order valence-corrected chi connectivity index (χ2v) is 8.05. The lowest BCUT2D eigenvalue weighted by molar-refractivity contribution is -0.113. The number of nitrogens with zero attached hydrogens (tertiary/aromatic N) is 3. The molecule has 2 amide bonds. The van der Waals surface area contributed by atoms with Gasteiger partial charge in [-0.05, 0) is 38.5 Å². The second kappa shape index (κ2) is 10.1. The van der Waals surface area contributed by atoms with Gasteiger partial charge in [-0.2, -0.15) is 0 Å². The molecule has 0 spiro atoms. The number of thioether (sulfide) groups is 1. The van der Waals surface area contributed by atoms with Gasteiger partial charge in [-0.15, -0.1) is 10.2 Å². The van der Waals surface area contributed by atoms with Crippen LogP contribution in [-0.2, 0) is 4.79 Å². The third kappa shape index (κ3) is 5.48. The van der Waals surface area contributed by atoms with Crippen molar-refractivity contribution < 1.29 is 9.59 Å². The Balaban J connectivity index is 1.63. The zero-order valence-electron chi connectivity index (χ0n) is 17.2. The molecule has 1 atom stereocenters. The van der Waals surface area contributed by atoms with E-state index < -0.39 is 0 Å². The smallest absolute Gasteiger partial charge is 0.253 e. The van der Waals surface area contributed by atoms with Gasteiger partial charge in [0.1, 0.15) is 6.33 Å². The predicted octanol–water partition coefficient (Wildman–Crippen LogP) is 4.08. The number of anilines is 1. The van der Waals surface area contributed by atoms with E-state index in [4.69, 9.17) is 0 Å². The number of amides is 2. The van der Waals surface area contributed by atoms with E-state index in [9.17, 15) is 9.59 Å². The van der Waals surface area contributed by atoms with Gasteiger partial charge in [0.2, 0.25) is 5.91 Å². The van der Waals surface area contributed by atoms with Crippen molar-refractivity contribution in [1.82, 2.24) is 20.1 Å². The number of para-hydroxylation sites is 1. The molecule has 2 N–H and O–H groups in total. The molecule has 1 aromatic heterocycles. The van der Waals surface area contributed by atoms with Crippen LogP contribution in [0.3, 0.4) is 0 Å². The Kier molecular flexibility index (Phi) is 7.24. The minimum Gasteiger partial charge on any atom is -0.345 e. The molecule has 30 heavy (non-hydrogen) atoms. The van der Waals surface area contributed by atoms with Gasteiger partial charge in [0.05, 0.1) is 23.0 Å². The predicted molar refractivity (Wildman–Crippen MR) is 119 cm³/mol. The van der Waals surface area contributed by atoms with Crippen LogP contribution in [0.4, 0.5) is 5.69 Å². The maximum Gasteiger partial charge on any atom is 0.253 e. The molecule has 1 heterocycles. The number of nitrogens with one attached hydrogen (secondary N) is 2. The van der Waals surface area contributed by atoms with Crippen molar-refractivity contribution in [2.24, 2.45) is 0 Å². The van der Waals surface area contributed by atoms with Crippen LogP contribution in [0, 0.1) is 0 Å². The Morgan fingerprint density at radius 1 is 1.03 bits per heavy atom. The maximum absolute atomic E-state index is 12.8. The molecule has 8 heteroatoms. The fourth-order valence-electron chi connectivity index (χ4n) is 2.90. The summed E-state index contributed by atoms with van der Waals surface area (Å²) in [6.45, 7) is 5.98. The first-order valence-corrected chi connectivity index (χ1v) is 10.7. The van der Waals surface area contributed by atoms with E-state index in [1.807, 2.05) is 55.7 Å². The van der Waals surface area contributed by atoms with Crippen LogP contribution in [0.5, 0.6) is 0 Å². The second-order valence-electron chi connectivity index (χ2n) is 7.10. The number of carbonyl (C=O) groups is 2. The number of benzene rings is 2. The summed E-state index contributed by atoms with van der Waals surface area (Å²) in [5, 5.41) is 14.5. The third-order valence-electron chi connectivity index (χ3n) is 4.52. The summed E-state index contributed by atoms with van der Waals surface area (Å²) in [5.74, 6) is -0.286. The van der Waals surface area contributed by atoms with Crippen LogP contribution in [-0.4, -0.2) is 32.3 Å². The number of carbonyl (C=O) groups excluding carboxylic acids is 2. The summed E-state index contributed by atoms with van der Waals surface area (Å²) in [7, 11) is 0. The fourth-order valence-corrected chi connectivity index (χ4v) is 3.74. The average molecular weight is 424 g/mol. The first-order valence-electron chi connectivity index (χ1n) is 9.72. The van der Waals surface area contributed by atoms with E-state index in [0.717, 1.165) is 5.56 Å². The molecule has 0 unspecified atom stereocenters. The lowest BCUT2D eigenvalue weighted by Crippen LogP contribution is -2.28. The Bertz CT molecular complexity index is 1000. The SMILES string of the molecule is CC(C)n1cnnc1SCC(=O)Nc1ccccc1C(=O)N[C@@H](C)c1ccccc1. The van der Waals surface area contributed by atoms with Crippen LogP contribution in [0.2, 0.25) is 0 Å². The van der Waals surface area contributed by atoms with Gasteiger partial charge in [-0.1, -0.05) is 54.2 Å². The summed E-state index contributed by atoms with van der Waals surface area (Å²) >= 11 is 1.31. The highest BCUT2D eigenvalue weighted by Crippen LogP contribution is 2.21. The van der Waals surface area contributed by atoms with Crippen LogP contribution in [0.15, 0.2) is 66.1 Å². The Labute approximate surface area is 180 Å². The van der Waals surface area contributed by atoms with Crippen molar-refractivity contribution in [1.29, 1.82) is 0 Å².